The second kappa shape index (κ2) is 4.37. The fraction of sp³-hybridized carbons (Fsp3) is 0.471. The lowest BCUT2D eigenvalue weighted by molar-refractivity contribution is 0.0264. The summed E-state index contributed by atoms with van der Waals surface area (Å²) in [5.41, 5.74) is 3.00. The number of carbonyl (C=O) groups is 1. The normalized spacial score (nSPS) is 24.6. The number of nitrogens with zero attached hydrogens (tertiary/aromatic N) is 1. The summed E-state index contributed by atoms with van der Waals surface area (Å²) in [4.78, 5) is 14.2. The van der Waals surface area contributed by atoms with Crippen molar-refractivity contribution in [3.05, 3.63) is 47.7 Å². The lowest BCUT2D eigenvalue weighted by atomic mass is 10.0. The van der Waals surface area contributed by atoms with Gasteiger partial charge in [-0.1, -0.05) is 30.8 Å². The van der Waals surface area contributed by atoms with E-state index in [0.717, 1.165) is 18.5 Å². The van der Waals surface area contributed by atoms with E-state index in [2.05, 4.69) is 24.8 Å². The Morgan fingerprint density at radius 2 is 2.00 bits per heavy atom. The van der Waals surface area contributed by atoms with Crippen molar-refractivity contribution in [3.8, 4) is 0 Å². The maximum absolute atomic E-state index is 12.5. The first-order valence-corrected chi connectivity index (χ1v) is 7.14. The predicted molar refractivity (Wildman–Crippen MR) is 78.2 cm³/mol. The summed E-state index contributed by atoms with van der Waals surface area (Å²) in [6.45, 7) is 9.75. The molecule has 1 heterocycles. The Balaban J connectivity index is 1.92. The molecule has 0 radical (unpaired) electrons. The third-order valence-electron chi connectivity index (χ3n) is 4.01. The summed E-state index contributed by atoms with van der Waals surface area (Å²) in [7, 11) is 0. The van der Waals surface area contributed by atoms with Crippen molar-refractivity contribution in [1.82, 2.24) is 4.90 Å². The number of hydrogen-bond donors (Lipinski definition) is 0. The molecule has 3 heteroatoms. The number of benzene rings is 1. The predicted octanol–water partition coefficient (Wildman–Crippen LogP) is 4.05. The number of carbonyl (C=O) groups excluding carboxylic acids is 1. The van der Waals surface area contributed by atoms with Gasteiger partial charge in [0.15, 0.2) is 0 Å². The average molecular weight is 271 g/mol. The van der Waals surface area contributed by atoms with Crippen LogP contribution in [0.15, 0.2) is 36.5 Å². The van der Waals surface area contributed by atoms with Crippen LogP contribution in [0.2, 0.25) is 0 Å². The topological polar surface area (TPSA) is 29.5 Å². The minimum absolute atomic E-state index is 0.105. The Hall–Kier alpha value is -1.77. The molecule has 0 spiro atoms. The van der Waals surface area contributed by atoms with Crippen molar-refractivity contribution >= 4 is 6.09 Å². The maximum Gasteiger partial charge on any atom is 0.415 e. The second-order valence-corrected chi connectivity index (χ2v) is 6.73. The number of amides is 1. The van der Waals surface area contributed by atoms with Crippen molar-refractivity contribution in [2.45, 2.75) is 45.3 Å². The summed E-state index contributed by atoms with van der Waals surface area (Å²) in [6, 6.07) is 8.48. The van der Waals surface area contributed by atoms with Crippen LogP contribution in [0, 0.1) is 5.92 Å². The summed E-state index contributed by atoms with van der Waals surface area (Å²) < 4.78 is 5.54. The molecule has 3 nitrogen and oxygen atoms in total. The van der Waals surface area contributed by atoms with E-state index in [4.69, 9.17) is 4.74 Å². The van der Waals surface area contributed by atoms with Crippen molar-refractivity contribution in [1.29, 1.82) is 0 Å². The number of hydrogen-bond acceptors (Lipinski definition) is 2. The van der Waals surface area contributed by atoms with Gasteiger partial charge in [-0.05, 0) is 50.7 Å². The quantitative estimate of drug-likeness (QED) is 0.712. The molecular formula is C17H21NO2. The van der Waals surface area contributed by atoms with Crippen LogP contribution in [0.25, 0.3) is 0 Å². The highest BCUT2D eigenvalue weighted by molar-refractivity contribution is 5.72. The van der Waals surface area contributed by atoms with E-state index in [1.165, 1.54) is 11.1 Å². The molecule has 0 bridgehead atoms. The van der Waals surface area contributed by atoms with Gasteiger partial charge in [0.25, 0.3) is 0 Å². The molecule has 2 aliphatic rings. The van der Waals surface area contributed by atoms with Gasteiger partial charge in [0.1, 0.15) is 5.60 Å². The van der Waals surface area contributed by atoms with Gasteiger partial charge >= 0.3 is 6.09 Å². The third-order valence-corrected chi connectivity index (χ3v) is 4.01. The molecule has 0 aromatic heterocycles. The molecule has 1 aromatic carbocycles. The van der Waals surface area contributed by atoms with E-state index in [-0.39, 0.29) is 12.1 Å². The van der Waals surface area contributed by atoms with Crippen LogP contribution in [0.3, 0.4) is 0 Å². The van der Waals surface area contributed by atoms with Crippen LogP contribution in [0.4, 0.5) is 4.79 Å². The van der Waals surface area contributed by atoms with Crippen LogP contribution >= 0.6 is 0 Å². The van der Waals surface area contributed by atoms with Crippen molar-refractivity contribution in [2.75, 3.05) is 0 Å². The molecule has 1 amide bonds. The molecule has 1 aromatic rings. The van der Waals surface area contributed by atoms with E-state index in [0.29, 0.717) is 5.92 Å². The maximum atomic E-state index is 12.5. The van der Waals surface area contributed by atoms with Gasteiger partial charge in [-0.2, -0.15) is 0 Å². The zero-order valence-electron chi connectivity index (χ0n) is 12.3. The molecule has 1 aliphatic heterocycles. The molecule has 0 N–H and O–H groups in total. The first-order valence-electron chi connectivity index (χ1n) is 7.14. The summed E-state index contributed by atoms with van der Waals surface area (Å²) in [5, 5.41) is 0. The molecule has 20 heavy (non-hydrogen) atoms. The zero-order valence-corrected chi connectivity index (χ0v) is 12.3. The van der Waals surface area contributed by atoms with E-state index >= 15 is 0 Å². The van der Waals surface area contributed by atoms with Gasteiger partial charge in [0.05, 0.1) is 6.04 Å². The Kier molecular flexibility index (Phi) is 2.89. The van der Waals surface area contributed by atoms with Crippen LogP contribution in [0.5, 0.6) is 0 Å². The lowest BCUT2D eigenvalue weighted by Gasteiger charge is -2.29. The van der Waals surface area contributed by atoms with Crippen LogP contribution in [-0.4, -0.2) is 16.6 Å². The van der Waals surface area contributed by atoms with E-state index in [9.17, 15) is 4.79 Å². The summed E-state index contributed by atoms with van der Waals surface area (Å²) in [6.07, 6.45) is 1.63. The van der Waals surface area contributed by atoms with Crippen LogP contribution < -0.4 is 0 Å². The molecule has 1 fully saturated rings. The molecule has 0 saturated carbocycles. The van der Waals surface area contributed by atoms with Gasteiger partial charge in [-0.25, -0.2) is 4.79 Å². The monoisotopic (exact) mass is 271 g/mol. The number of likely N-dealkylation sites (tertiary alicyclic amines) is 1. The largest absolute Gasteiger partial charge is 0.443 e. The molecule has 2 unspecified atom stereocenters. The third kappa shape index (κ3) is 2.11. The van der Waals surface area contributed by atoms with E-state index in [1.54, 1.807) is 4.90 Å². The van der Waals surface area contributed by atoms with Gasteiger partial charge in [-0.15, -0.1) is 0 Å². The van der Waals surface area contributed by atoms with Gasteiger partial charge in [-0.3, -0.25) is 4.90 Å². The molecule has 1 saturated heterocycles. The standard InChI is InChI=1S/C17H21NO2/c1-11-9-13-10-12-7-5-6-8-14(12)15(13)18(11)16(19)20-17(2,3)4/h5-8,13,15H,1,9-10H2,2-4H3. The number of ether oxygens (including phenoxy) is 1. The molecule has 106 valence electrons. The minimum Gasteiger partial charge on any atom is -0.443 e. The lowest BCUT2D eigenvalue weighted by Crippen LogP contribution is -2.35. The Morgan fingerprint density at radius 3 is 2.70 bits per heavy atom. The Labute approximate surface area is 120 Å². The molecule has 3 rings (SSSR count). The summed E-state index contributed by atoms with van der Waals surface area (Å²) >= 11 is 0. The first-order chi connectivity index (χ1) is 9.37. The SMILES string of the molecule is C=C1CC2Cc3ccccc3C2N1C(=O)OC(C)(C)C. The van der Waals surface area contributed by atoms with Crippen LogP contribution in [-0.2, 0) is 11.2 Å². The highest BCUT2D eigenvalue weighted by Gasteiger charge is 2.46. The number of rotatable bonds is 0. The molecule has 1 aliphatic carbocycles. The zero-order chi connectivity index (χ0) is 14.5. The first kappa shape index (κ1) is 13.2. The molecule has 2 atom stereocenters. The van der Waals surface area contributed by atoms with Gasteiger partial charge in [0, 0.05) is 5.70 Å². The highest BCUT2D eigenvalue weighted by atomic mass is 16.6. The summed E-state index contributed by atoms with van der Waals surface area (Å²) in [5.74, 6) is 0.451. The van der Waals surface area contributed by atoms with E-state index < -0.39 is 5.60 Å². The molecular weight excluding hydrogens is 250 g/mol. The highest BCUT2D eigenvalue weighted by Crippen LogP contribution is 2.50. The smallest absolute Gasteiger partial charge is 0.415 e. The van der Waals surface area contributed by atoms with E-state index in [1.807, 2.05) is 26.8 Å². The minimum atomic E-state index is -0.479. The van der Waals surface area contributed by atoms with Gasteiger partial charge < -0.3 is 4.74 Å². The number of allylic oxidation sites excluding steroid dienone is 1. The number of fused-ring (bicyclic) bond motifs is 3. The fourth-order valence-electron chi connectivity index (χ4n) is 3.34. The Morgan fingerprint density at radius 1 is 1.30 bits per heavy atom. The van der Waals surface area contributed by atoms with Crippen molar-refractivity contribution in [2.24, 2.45) is 5.92 Å². The van der Waals surface area contributed by atoms with Crippen molar-refractivity contribution < 1.29 is 9.53 Å². The van der Waals surface area contributed by atoms with Crippen molar-refractivity contribution in [3.63, 3.8) is 0 Å². The second-order valence-electron chi connectivity index (χ2n) is 6.73. The fourth-order valence-corrected chi connectivity index (χ4v) is 3.34. The Bertz CT molecular complexity index is 571. The van der Waals surface area contributed by atoms with Gasteiger partial charge in [0.2, 0.25) is 0 Å². The van der Waals surface area contributed by atoms with Crippen LogP contribution in [0.1, 0.15) is 44.4 Å². The average Bonchev–Trinajstić information content (AvgIpc) is 2.80.